The third-order valence-electron chi connectivity index (χ3n) is 6.50. The summed E-state index contributed by atoms with van der Waals surface area (Å²) in [4.78, 5) is 11.6. The van der Waals surface area contributed by atoms with Crippen LogP contribution in [0.15, 0.2) is 11.6 Å². The van der Waals surface area contributed by atoms with Crippen LogP contribution in [0.5, 0.6) is 0 Å². The minimum Gasteiger partial charge on any atom is -0.397 e. The SMILES string of the molecule is CCO.O=C1C=C2CCC3C4CCCC4CCC3C2CC1. The van der Waals surface area contributed by atoms with E-state index in [1.165, 1.54) is 56.9 Å². The van der Waals surface area contributed by atoms with Crippen molar-refractivity contribution < 1.29 is 9.90 Å². The summed E-state index contributed by atoms with van der Waals surface area (Å²) in [6.07, 6.45) is 14.1. The fourth-order valence-corrected chi connectivity index (χ4v) is 5.80. The van der Waals surface area contributed by atoms with E-state index in [2.05, 4.69) is 0 Å². The molecule has 1 N–H and O–H groups in total. The lowest BCUT2D eigenvalue weighted by Gasteiger charge is -2.49. The minimum atomic E-state index is 0.250. The largest absolute Gasteiger partial charge is 0.397 e. The van der Waals surface area contributed by atoms with E-state index >= 15 is 0 Å². The molecule has 4 rings (SSSR count). The van der Waals surface area contributed by atoms with E-state index in [0.29, 0.717) is 5.78 Å². The lowest BCUT2D eigenvalue weighted by Crippen LogP contribution is -2.40. The molecule has 4 aliphatic carbocycles. The molecule has 0 aliphatic heterocycles. The molecule has 3 saturated carbocycles. The van der Waals surface area contributed by atoms with Gasteiger partial charge in [0.05, 0.1) is 0 Å². The standard InChI is InChI=1S/C17H24O.C2H6O/c18-13-6-9-15-12(10-13)5-8-16-14-3-1-2-11(14)4-7-17(15)16;1-2-3/h10-11,14-17H,1-9H2;3H,2H2,1H3. The molecule has 2 nitrogen and oxygen atoms in total. The fourth-order valence-electron chi connectivity index (χ4n) is 5.80. The van der Waals surface area contributed by atoms with Crippen molar-refractivity contribution in [3.8, 4) is 0 Å². The second-order valence-electron chi connectivity index (χ2n) is 7.45. The molecule has 21 heavy (non-hydrogen) atoms. The van der Waals surface area contributed by atoms with Crippen LogP contribution in [0.3, 0.4) is 0 Å². The molecule has 3 fully saturated rings. The number of hydrogen-bond acceptors (Lipinski definition) is 2. The number of rotatable bonds is 0. The van der Waals surface area contributed by atoms with Crippen LogP contribution in [0.1, 0.15) is 64.7 Å². The normalized spacial score (nSPS) is 41.1. The zero-order chi connectivity index (χ0) is 14.8. The third-order valence-corrected chi connectivity index (χ3v) is 6.50. The van der Waals surface area contributed by atoms with Gasteiger partial charge in [-0.25, -0.2) is 0 Å². The summed E-state index contributed by atoms with van der Waals surface area (Å²) in [6, 6.07) is 0. The molecule has 0 spiro atoms. The first-order chi connectivity index (χ1) is 10.2. The van der Waals surface area contributed by atoms with Crippen molar-refractivity contribution in [3.63, 3.8) is 0 Å². The quantitative estimate of drug-likeness (QED) is 0.728. The van der Waals surface area contributed by atoms with Gasteiger partial charge < -0.3 is 5.11 Å². The lowest BCUT2D eigenvalue weighted by atomic mass is 9.56. The molecule has 0 aromatic heterocycles. The number of aliphatic hydroxyl groups excluding tert-OH is 1. The summed E-state index contributed by atoms with van der Waals surface area (Å²) in [5.74, 6) is 5.28. The average molecular weight is 290 g/mol. The number of ketones is 1. The predicted molar refractivity (Wildman–Crippen MR) is 84.9 cm³/mol. The van der Waals surface area contributed by atoms with E-state index in [1.54, 1.807) is 6.92 Å². The van der Waals surface area contributed by atoms with Crippen molar-refractivity contribution in [1.29, 1.82) is 0 Å². The molecule has 0 heterocycles. The summed E-state index contributed by atoms with van der Waals surface area (Å²) in [5.41, 5.74) is 1.53. The second kappa shape index (κ2) is 6.64. The molecule has 0 saturated heterocycles. The Kier molecular flexibility index (Phi) is 4.83. The minimum absolute atomic E-state index is 0.250. The maximum absolute atomic E-state index is 11.6. The second-order valence-corrected chi connectivity index (χ2v) is 7.45. The number of fused-ring (bicyclic) bond motifs is 5. The first-order valence-corrected chi connectivity index (χ1v) is 9.08. The molecule has 0 amide bonds. The average Bonchev–Trinajstić information content (AvgIpc) is 2.96. The number of hydrogen-bond donors (Lipinski definition) is 1. The van der Waals surface area contributed by atoms with Crippen molar-refractivity contribution in [1.82, 2.24) is 0 Å². The van der Waals surface area contributed by atoms with Crippen LogP contribution in [-0.4, -0.2) is 17.5 Å². The van der Waals surface area contributed by atoms with Gasteiger partial charge in [-0.2, -0.15) is 0 Å². The van der Waals surface area contributed by atoms with E-state index < -0.39 is 0 Å². The zero-order valence-electron chi connectivity index (χ0n) is 13.4. The molecule has 118 valence electrons. The van der Waals surface area contributed by atoms with E-state index in [0.717, 1.165) is 36.0 Å². The summed E-state index contributed by atoms with van der Waals surface area (Å²) in [7, 11) is 0. The lowest BCUT2D eigenvalue weighted by molar-refractivity contribution is -0.115. The predicted octanol–water partition coefficient (Wildman–Crippen LogP) is 4.13. The number of carbonyl (C=O) groups excluding carboxylic acids is 1. The van der Waals surface area contributed by atoms with Gasteiger partial charge >= 0.3 is 0 Å². The number of carbonyl (C=O) groups is 1. The van der Waals surface area contributed by atoms with Crippen LogP contribution in [0.25, 0.3) is 0 Å². The van der Waals surface area contributed by atoms with E-state index in [9.17, 15) is 4.79 Å². The number of aliphatic hydroxyl groups is 1. The van der Waals surface area contributed by atoms with Gasteiger partial charge in [-0.1, -0.05) is 18.4 Å². The van der Waals surface area contributed by atoms with E-state index in [1.807, 2.05) is 6.08 Å². The van der Waals surface area contributed by atoms with E-state index in [-0.39, 0.29) is 6.61 Å². The van der Waals surface area contributed by atoms with E-state index in [4.69, 9.17) is 5.11 Å². The topological polar surface area (TPSA) is 37.3 Å². The van der Waals surface area contributed by atoms with Crippen molar-refractivity contribution in [3.05, 3.63) is 11.6 Å². The molecule has 0 aromatic rings. The van der Waals surface area contributed by atoms with Gasteiger partial charge in [0.2, 0.25) is 0 Å². The molecular weight excluding hydrogens is 260 g/mol. The van der Waals surface area contributed by atoms with Gasteiger partial charge in [0.15, 0.2) is 5.78 Å². The number of allylic oxidation sites excluding steroid dienone is 1. The summed E-state index contributed by atoms with van der Waals surface area (Å²) < 4.78 is 0. The summed E-state index contributed by atoms with van der Waals surface area (Å²) >= 11 is 0. The van der Waals surface area contributed by atoms with Crippen LogP contribution in [0.4, 0.5) is 0 Å². The highest BCUT2D eigenvalue weighted by Gasteiger charge is 2.47. The van der Waals surface area contributed by atoms with Crippen molar-refractivity contribution in [2.24, 2.45) is 29.6 Å². The van der Waals surface area contributed by atoms with Crippen LogP contribution in [-0.2, 0) is 4.79 Å². The van der Waals surface area contributed by atoms with Crippen LogP contribution in [0, 0.1) is 29.6 Å². The van der Waals surface area contributed by atoms with Gasteiger partial charge in [-0.3, -0.25) is 4.79 Å². The molecule has 0 radical (unpaired) electrons. The zero-order valence-corrected chi connectivity index (χ0v) is 13.4. The third kappa shape index (κ3) is 2.97. The van der Waals surface area contributed by atoms with Crippen molar-refractivity contribution >= 4 is 5.78 Å². The maximum Gasteiger partial charge on any atom is 0.155 e. The monoisotopic (exact) mass is 290 g/mol. The Hall–Kier alpha value is -0.630. The first kappa shape index (κ1) is 15.3. The smallest absolute Gasteiger partial charge is 0.155 e. The maximum atomic E-state index is 11.6. The highest BCUT2D eigenvalue weighted by molar-refractivity contribution is 5.91. The molecule has 2 heteroatoms. The first-order valence-electron chi connectivity index (χ1n) is 9.08. The fraction of sp³-hybridized carbons (Fsp3) is 0.842. The Morgan fingerprint density at radius 1 is 1.00 bits per heavy atom. The highest BCUT2D eigenvalue weighted by Crippen LogP contribution is 2.56. The van der Waals surface area contributed by atoms with Gasteiger partial charge in [0.1, 0.15) is 0 Å². The Balaban J connectivity index is 0.000000409. The van der Waals surface area contributed by atoms with Crippen LogP contribution >= 0.6 is 0 Å². The molecule has 5 atom stereocenters. The molecule has 4 aliphatic rings. The van der Waals surface area contributed by atoms with Gasteiger partial charge in [0.25, 0.3) is 0 Å². The van der Waals surface area contributed by atoms with Crippen LogP contribution < -0.4 is 0 Å². The molecule has 0 bridgehead atoms. The van der Waals surface area contributed by atoms with Crippen molar-refractivity contribution in [2.75, 3.05) is 6.61 Å². The summed E-state index contributed by atoms with van der Waals surface area (Å²) in [5, 5.41) is 7.57. The molecule has 0 aromatic carbocycles. The Morgan fingerprint density at radius 3 is 2.62 bits per heavy atom. The highest BCUT2D eigenvalue weighted by atomic mass is 16.2. The Bertz CT molecular complexity index is 412. The molecular formula is C19H30O2. The van der Waals surface area contributed by atoms with Gasteiger partial charge in [-0.15, -0.1) is 0 Å². The molecule has 5 unspecified atom stereocenters. The van der Waals surface area contributed by atoms with Gasteiger partial charge in [-0.05, 0) is 81.1 Å². The van der Waals surface area contributed by atoms with Gasteiger partial charge in [0, 0.05) is 13.0 Å². The van der Waals surface area contributed by atoms with Crippen molar-refractivity contribution in [2.45, 2.75) is 64.7 Å². The van der Waals surface area contributed by atoms with Crippen LogP contribution in [0.2, 0.25) is 0 Å². The Labute approximate surface area is 129 Å². The summed E-state index contributed by atoms with van der Waals surface area (Å²) in [6.45, 7) is 1.93. The Morgan fingerprint density at radius 2 is 1.81 bits per heavy atom.